The average molecular weight is 263 g/mol. The molecule has 5 heteroatoms. The molecule has 0 aromatic heterocycles. The number of benzene rings is 1. The van der Waals surface area contributed by atoms with Gasteiger partial charge in [-0.15, -0.1) is 0 Å². The van der Waals surface area contributed by atoms with Crippen molar-refractivity contribution in [2.24, 2.45) is 5.92 Å². The monoisotopic (exact) mass is 263 g/mol. The zero-order valence-corrected chi connectivity index (χ0v) is 10.3. The molecule has 0 N–H and O–H groups in total. The molecule has 0 unspecified atom stereocenters. The van der Waals surface area contributed by atoms with Gasteiger partial charge >= 0.3 is 0 Å². The Balaban J connectivity index is 1.77. The molecule has 1 spiro atoms. The van der Waals surface area contributed by atoms with Crippen molar-refractivity contribution in [3.63, 3.8) is 0 Å². The van der Waals surface area contributed by atoms with E-state index in [2.05, 4.69) is 0 Å². The Morgan fingerprint density at radius 3 is 2.63 bits per heavy atom. The second-order valence-electron chi connectivity index (χ2n) is 5.69. The number of epoxide rings is 1. The second kappa shape index (κ2) is 3.42. The molecule has 4 saturated heterocycles. The Morgan fingerprint density at radius 1 is 1.32 bits per heavy atom. The first-order valence-electron chi connectivity index (χ1n) is 6.63. The fourth-order valence-electron chi connectivity index (χ4n) is 3.68. The number of ether oxygens (including phenoxy) is 1. The van der Waals surface area contributed by atoms with Gasteiger partial charge in [-0.05, 0) is 6.07 Å². The van der Waals surface area contributed by atoms with Gasteiger partial charge in [-0.25, -0.2) is 4.39 Å². The van der Waals surface area contributed by atoms with Crippen molar-refractivity contribution in [3.05, 3.63) is 40.9 Å². The Labute approximate surface area is 109 Å². The number of hydrogen-bond donors (Lipinski definition) is 0. The molecule has 5 rings (SSSR count). The SMILES string of the molecule is O=C1C2CC[N+]([O-])(CC2)[C@@]12O[C@H]2c1ccccc1F. The van der Waals surface area contributed by atoms with Crippen LogP contribution in [0.5, 0.6) is 0 Å². The number of rotatable bonds is 1. The van der Waals surface area contributed by atoms with Crippen LogP contribution in [0, 0.1) is 16.9 Å². The van der Waals surface area contributed by atoms with Crippen molar-refractivity contribution < 1.29 is 18.6 Å². The van der Waals surface area contributed by atoms with Crippen LogP contribution in [0.2, 0.25) is 0 Å². The van der Waals surface area contributed by atoms with Gasteiger partial charge in [0.1, 0.15) is 5.82 Å². The maximum Gasteiger partial charge on any atom is 0.296 e. The Kier molecular flexibility index (Phi) is 2.07. The maximum atomic E-state index is 13.8. The predicted molar refractivity (Wildman–Crippen MR) is 64.0 cm³/mol. The van der Waals surface area contributed by atoms with E-state index in [4.69, 9.17) is 4.74 Å². The van der Waals surface area contributed by atoms with Crippen molar-refractivity contribution in [2.75, 3.05) is 13.1 Å². The van der Waals surface area contributed by atoms with Gasteiger partial charge in [0.05, 0.1) is 13.1 Å². The molecule has 1 aromatic rings. The molecule has 4 aliphatic heterocycles. The van der Waals surface area contributed by atoms with Gasteiger partial charge in [-0.2, -0.15) is 0 Å². The molecular formula is C14H14FNO3. The summed E-state index contributed by atoms with van der Waals surface area (Å²) in [5, 5.41) is 12.8. The smallest absolute Gasteiger partial charge is 0.296 e. The lowest BCUT2D eigenvalue weighted by molar-refractivity contribution is -0.929. The van der Waals surface area contributed by atoms with E-state index in [9.17, 15) is 14.4 Å². The lowest BCUT2D eigenvalue weighted by Gasteiger charge is -2.55. The van der Waals surface area contributed by atoms with Crippen LogP contribution in [-0.4, -0.2) is 29.2 Å². The summed E-state index contributed by atoms with van der Waals surface area (Å²) in [6.07, 6.45) is 0.566. The molecule has 4 nitrogen and oxygen atoms in total. The highest BCUT2D eigenvalue weighted by atomic mass is 19.1. The number of hydrogen-bond acceptors (Lipinski definition) is 3. The van der Waals surface area contributed by atoms with Gasteiger partial charge in [-0.1, -0.05) is 18.2 Å². The van der Waals surface area contributed by atoms with Crippen molar-refractivity contribution in [2.45, 2.75) is 24.7 Å². The number of halogens is 1. The number of piperidine rings is 3. The molecule has 0 saturated carbocycles. The Morgan fingerprint density at radius 2 is 2.00 bits per heavy atom. The molecule has 2 atom stereocenters. The summed E-state index contributed by atoms with van der Waals surface area (Å²) in [5.41, 5.74) is -1.01. The molecule has 1 aromatic carbocycles. The highest BCUT2D eigenvalue weighted by Gasteiger charge is 2.78. The van der Waals surface area contributed by atoms with Gasteiger partial charge in [-0.3, -0.25) is 9.53 Å². The van der Waals surface area contributed by atoms with Crippen molar-refractivity contribution >= 4 is 5.78 Å². The summed E-state index contributed by atoms with van der Waals surface area (Å²) in [4.78, 5) is 12.4. The highest BCUT2D eigenvalue weighted by molar-refractivity contribution is 5.92. The first-order valence-corrected chi connectivity index (χ1v) is 6.63. The van der Waals surface area contributed by atoms with Gasteiger partial charge in [0.25, 0.3) is 5.72 Å². The summed E-state index contributed by atoms with van der Waals surface area (Å²) < 4.78 is 18.7. The highest BCUT2D eigenvalue weighted by Crippen LogP contribution is 2.61. The molecule has 4 fully saturated rings. The number of Topliss-reactive ketones (excluding diaryl/α,β-unsaturated/α-hetero) is 1. The summed E-state index contributed by atoms with van der Waals surface area (Å²) >= 11 is 0. The van der Waals surface area contributed by atoms with Gasteiger partial charge in [0.2, 0.25) is 5.78 Å². The van der Waals surface area contributed by atoms with Crippen molar-refractivity contribution in [1.82, 2.24) is 0 Å². The molecule has 2 bridgehead atoms. The molecule has 4 aliphatic rings. The number of hydroxylamine groups is 3. The first kappa shape index (κ1) is 11.5. The lowest BCUT2D eigenvalue weighted by atomic mass is 9.79. The minimum absolute atomic E-state index is 0.0780. The van der Waals surface area contributed by atoms with Crippen LogP contribution in [0.4, 0.5) is 4.39 Å². The fourth-order valence-corrected chi connectivity index (χ4v) is 3.68. The van der Waals surface area contributed by atoms with E-state index in [0.29, 0.717) is 31.5 Å². The summed E-state index contributed by atoms with van der Waals surface area (Å²) in [6.45, 7) is 0.808. The minimum Gasteiger partial charge on any atom is -0.630 e. The number of fused-ring (bicyclic) bond motifs is 2. The van der Waals surface area contributed by atoms with E-state index in [1.54, 1.807) is 18.2 Å². The minimum atomic E-state index is -1.34. The number of carbonyl (C=O) groups is 1. The third-order valence-corrected chi connectivity index (χ3v) is 4.79. The number of quaternary nitrogens is 1. The van der Waals surface area contributed by atoms with Crippen LogP contribution in [0.15, 0.2) is 24.3 Å². The van der Waals surface area contributed by atoms with E-state index in [1.807, 2.05) is 0 Å². The summed E-state index contributed by atoms with van der Waals surface area (Å²) in [6, 6.07) is 6.21. The van der Waals surface area contributed by atoms with E-state index in [1.165, 1.54) is 6.07 Å². The molecule has 100 valence electrons. The third kappa shape index (κ3) is 1.25. The van der Waals surface area contributed by atoms with E-state index >= 15 is 0 Å². The third-order valence-electron chi connectivity index (χ3n) is 4.79. The molecule has 0 aliphatic carbocycles. The van der Waals surface area contributed by atoms with Crippen LogP contribution in [0.25, 0.3) is 0 Å². The van der Waals surface area contributed by atoms with Gasteiger partial charge in [0, 0.05) is 24.3 Å². The normalized spacial score (nSPS) is 43.8. The van der Waals surface area contributed by atoms with Crippen LogP contribution in [-0.2, 0) is 9.53 Å². The standard InChI is InChI=1S/C14H14FNO3/c15-11-4-2-1-3-10(11)13-14(19-13)12(17)9-5-7-16(14,18)8-6-9/h1-4,9,13H,5-8H2/t9?,13-,14+,16?/m0/s1. The zero-order chi connectivity index (χ0) is 13.3. The van der Waals surface area contributed by atoms with Gasteiger partial charge in [0.15, 0.2) is 6.10 Å². The summed E-state index contributed by atoms with van der Waals surface area (Å²) in [7, 11) is 0. The molecule has 0 radical (unpaired) electrons. The largest absolute Gasteiger partial charge is 0.630 e. The fraction of sp³-hybridized carbons (Fsp3) is 0.500. The Bertz CT molecular complexity index is 568. The number of nitrogens with zero attached hydrogens (tertiary/aromatic N) is 1. The average Bonchev–Trinajstić information content (AvgIpc) is 3.14. The topological polar surface area (TPSA) is 52.7 Å². The second-order valence-corrected chi connectivity index (χ2v) is 5.69. The molecule has 0 amide bonds. The van der Waals surface area contributed by atoms with Crippen LogP contribution < -0.4 is 0 Å². The lowest BCUT2D eigenvalue weighted by Crippen LogP contribution is -2.68. The van der Waals surface area contributed by atoms with Crippen molar-refractivity contribution in [1.29, 1.82) is 0 Å². The van der Waals surface area contributed by atoms with E-state index in [0.717, 1.165) is 0 Å². The van der Waals surface area contributed by atoms with Crippen LogP contribution in [0.3, 0.4) is 0 Å². The maximum absolute atomic E-state index is 13.8. The van der Waals surface area contributed by atoms with E-state index in [-0.39, 0.29) is 11.7 Å². The summed E-state index contributed by atoms with van der Waals surface area (Å²) in [5.74, 6) is -0.606. The number of carbonyl (C=O) groups excluding carboxylic acids is 1. The zero-order valence-electron chi connectivity index (χ0n) is 10.3. The van der Waals surface area contributed by atoms with Crippen LogP contribution >= 0.6 is 0 Å². The van der Waals surface area contributed by atoms with Crippen molar-refractivity contribution in [3.8, 4) is 0 Å². The van der Waals surface area contributed by atoms with Crippen LogP contribution in [0.1, 0.15) is 24.5 Å². The molecule has 4 heterocycles. The molecule has 19 heavy (non-hydrogen) atoms. The van der Waals surface area contributed by atoms with Gasteiger partial charge < -0.3 is 9.85 Å². The predicted octanol–water partition coefficient (Wildman–Crippen LogP) is 1.90. The molecular weight excluding hydrogens is 249 g/mol. The van der Waals surface area contributed by atoms with E-state index < -0.39 is 22.3 Å². The first-order chi connectivity index (χ1) is 9.08. The number of ketones is 1. The Hall–Kier alpha value is -1.30. The quantitative estimate of drug-likeness (QED) is 0.442.